The van der Waals surface area contributed by atoms with Gasteiger partial charge in [-0.2, -0.15) is 0 Å². The van der Waals surface area contributed by atoms with Gasteiger partial charge >= 0.3 is 0 Å². The van der Waals surface area contributed by atoms with E-state index in [0.29, 0.717) is 11.4 Å². The maximum Gasteiger partial charge on any atom is 0.166 e. The molecule has 0 fully saturated rings. The van der Waals surface area contributed by atoms with Crippen molar-refractivity contribution in [3.8, 4) is 0 Å². The van der Waals surface area contributed by atoms with Gasteiger partial charge in [-0.25, -0.2) is 0 Å². The van der Waals surface area contributed by atoms with Crippen molar-refractivity contribution >= 4 is 12.6 Å². The van der Waals surface area contributed by atoms with E-state index in [1.165, 1.54) is 0 Å². The van der Waals surface area contributed by atoms with Gasteiger partial charge in [-0.1, -0.05) is 0 Å². The van der Waals surface area contributed by atoms with Gasteiger partial charge in [0.2, 0.25) is 0 Å². The van der Waals surface area contributed by atoms with Crippen molar-refractivity contribution in [1.82, 2.24) is 9.97 Å². The van der Waals surface area contributed by atoms with Gasteiger partial charge in [0.15, 0.2) is 12.6 Å². The van der Waals surface area contributed by atoms with E-state index in [1.54, 1.807) is 12.1 Å². The molecule has 2 aromatic heterocycles. The maximum atomic E-state index is 10.6. The SMILES string of the molecule is CC(C)(c1ccc(C=O)[nH]1)c1ccc(C=O)[nH]1. The molecular weight excluding hydrogens is 216 g/mol. The number of aromatic nitrogens is 2. The third kappa shape index (κ3) is 1.93. The third-order valence-corrected chi connectivity index (χ3v) is 3.02. The van der Waals surface area contributed by atoms with Crippen molar-refractivity contribution in [3.05, 3.63) is 47.0 Å². The molecule has 2 rings (SSSR count). The second kappa shape index (κ2) is 4.05. The van der Waals surface area contributed by atoms with Gasteiger partial charge < -0.3 is 9.97 Å². The third-order valence-electron chi connectivity index (χ3n) is 3.02. The monoisotopic (exact) mass is 230 g/mol. The topological polar surface area (TPSA) is 65.7 Å². The van der Waals surface area contributed by atoms with Crippen LogP contribution in [0.25, 0.3) is 0 Å². The fraction of sp³-hybridized carbons (Fsp3) is 0.231. The van der Waals surface area contributed by atoms with Gasteiger partial charge in [-0.15, -0.1) is 0 Å². The lowest BCUT2D eigenvalue weighted by atomic mass is 9.86. The van der Waals surface area contributed by atoms with Crippen LogP contribution in [0.1, 0.15) is 46.2 Å². The lowest BCUT2D eigenvalue weighted by Gasteiger charge is -2.22. The Labute approximate surface area is 99.1 Å². The van der Waals surface area contributed by atoms with Crippen LogP contribution in [-0.2, 0) is 5.41 Å². The Hall–Kier alpha value is -2.10. The van der Waals surface area contributed by atoms with Crippen LogP contribution < -0.4 is 0 Å². The first-order valence-electron chi connectivity index (χ1n) is 5.37. The van der Waals surface area contributed by atoms with Crippen LogP contribution in [0.4, 0.5) is 0 Å². The number of H-pyrrole nitrogens is 2. The second-order valence-corrected chi connectivity index (χ2v) is 4.52. The first kappa shape index (κ1) is 11.4. The molecule has 2 N–H and O–H groups in total. The predicted octanol–water partition coefficient (Wildman–Crippen LogP) is 2.29. The van der Waals surface area contributed by atoms with Gasteiger partial charge in [0.05, 0.1) is 11.4 Å². The highest BCUT2D eigenvalue weighted by Gasteiger charge is 2.26. The quantitative estimate of drug-likeness (QED) is 0.791. The molecule has 0 radical (unpaired) electrons. The number of aromatic amines is 2. The normalized spacial score (nSPS) is 11.4. The van der Waals surface area contributed by atoms with Crippen LogP contribution in [0.15, 0.2) is 24.3 Å². The number of nitrogens with one attached hydrogen (secondary N) is 2. The molecular formula is C13H14N2O2. The summed E-state index contributed by atoms with van der Waals surface area (Å²) in [5, 5.41) is 0. The molecule has 0 saturated heterocycles. The van der Waals surface area contributed by atoms with Gasteiger partial charge in [-0.3, -0.25) is 9.59 Å². The van der Waals surface area contributed by atoms with Gasteiger partial charge in [0.25, 0.3) is 0 Å². The molecule has 0 unspecified atom stereocenters. The maximum absolute atomic E-state index is 10.6. The lowest BCUT2D eigenvalue weighted by molar-refractivity contribution is 0.111. The average Bonchev–Trinajstić information content (AvgIpc) is 2.98. The molecule has 0 aliphatic rings. The summed E-state index contributed by atoms with van der Waals surface area (Å²) in [6.07, 6.45) is 1.57. The summed E-state index contributed by atoms with van der Waals surface area (Å²) < 4.78 is 0. The number of carbonyl (C=O) groups excluding carboxylic acids is 2. The first-order valence-corrected chi connectivity index (χ1v) is 5.37. The Kier molecular flexibility index (Phi) is 2.71. The minimum Gasteiger partial charge on any atom is -0.355 e. The molecule has 4 heteroatoms. The average molecular weight is 230 g/mol. The standard InChI is InChI=1S/C13H14N2O2/c1-13(2,11-5-3-9(7-16)14-11)12-6-4-10(8-17)15-12/h3-8,14-15H,1-2H3. The van der Waals surface area contributed by atoms with Crippen LogP contribution >= 0.6 is 0 Å². The van der Waals surface area contributed by atoms with Gasteiger partial charge in [-0.05, 0) is 38.1 Å². The first-order chi connectivity index (χ1) is 8.07. The lowest BCUT2D eigenvalue weighted by Crippen LogP contribution is -2.20. The molecule has 0 bridgehead atoms. The van der Waals surface area contributed by atoms with Crippen LogP contribution in [0.3, 0.4) is 0 Å². The van der Waals surface area contributed by atoms with E-state index in [4.69, 9.17) is 0 Å². The zero-order chi connectivity index (χ0) is 12.5. The van der Waals surface area contributed by atoms with Gasteiger partial charge in [0.1, 0.15) is 0 Å². The molecule has 0 aliphatic carbocycles. The van der Waals surface area contributed by atoms with Crippen molar-refractivity contribution in [1.29, 1.82) is 0 Å². The fourth-order valence-corrected chi connectivity index (χ4v) is 1.84. The Bertz CT molecular complexity index is 501. The Morgan fingerprint density at radius 2 is 1.29 bits per heavy atom. The Morgan fingerprint density at radius 1 is 0.882 bits per heavy atom. The molecule has 0 aliphatic heterocycles. The summed E-state index contributed by atoms with van der Waals surface area (Å²) in [6, 6.07) is 7.25. The highest BCUT2D eigenvalue weighted by Crippen LogP contribution is 2.29. The highest BCUT2D eigenvalue weighted by atomic mass is 16.1. The Morgan fingerprint density at radius 3 is 1.59 bits per heavy atom. The summed E-state index contributed by atoms with van der Waals surface area (Å²) in [6.45, 7) is 4.04. The van der Waals surface area contributed by atoms with Crippen molar-refractivity contribution in [2.75, 3.05) is 0 Å². The minimum atomic E-state index is -0.303. The Balaban J connectivity index is 2.40. The minimum absolute atomic E-state index is 0.303. The van der Waals surface area contributed by atoms with Crippen LogP contribution in [-0.4, -0.2) is 22.5 Å². The molecule has 17 heavy (non-hydrogen) atoms. The molecule has 0 spiro atoms. The van der Waals surface area contributed by atoms with Crippen LogP contribution in [0.2, 0.25) is 0 Å². The molecule has 0 amide bonds. The predicted molar refractivity (Wildman–Crippen MR) is 64.5 cm³/mol. The summed E-state index contributed by atoms with van der Waals surface area (Å²) >= 11 is 0. The summed E-state index contributed by atoms with van der Waals surface area (Å²) in [5.41, 5.74) is 2.66. The molecule has 0 atom stereocenters. The number of carbonyl (C=O) groups is 2. The molecule has 2 aromatic rings. The second-order valence-electron chi connectivity index (χ2n) is 4.52. The largest absolute Gasteiger partial charge is 0.355 e. The van der Waals surface area contributed by atoms with Crippen molar-refractivity contribution in [2.24, 2.45) is 0 Å². The number of aldehydes is 2. The molecule has 2 heterocycles. The van der Waals surface area contributed by atoms with Crippen molar-refractivity contribution in [3.63, 3.8) is 0 Å². The number of hydrogen-bond acceptors (Lipinski definition) is 2. The number of hydrogen-bond donors (Lipinski definition) is 2. The number of rotatable bonds is 4. The van der Waals surface area contributed by atoms with Crippen molar-refractivity contribution in [2.45, 2.75) is 19.3 Å². The van der Waals surface area contributed by atoms with E-state index in [-0.39, 0.29) is 5.41 Å². The van der Waals surface area contributed by atoms with E-state index in [0.717, 1.165) is 24.0 Å². The fourth-order valence-electron chi connectivity index (χ4n) is 1.84. The van der Waals surface area contributed by atoms with Crippen LogP contribution in [0.5, 0.6) is 0 Å². The zero-order valence-electron chi connectivity index (χ0n) is 9.78. The van der Waals surface area contributed by atoms with E-state index in [9.17, 15) is 9.59 Å². The highest BCUT2D eigenvalue weighted by molar-refractivity contribution is 5.73. The van der Waals surface area contributed by atoms with E-state index >= 15 is 0 Å². The van der Waals surface area contributed by atoms with E-state index < -0.39 is 0 Å². The van der Waals surface area contributed by atoms with E-state index in [2.05, 4.69) is 9.97 Å². The van der Waals surface area contributed by atoms with Gasteiger partial charge in [0, 0.05) is 16.8 Å². The summed E-state index contributed by atoms with van der Waals surface area (Å²) in [5.74, 6) is 0. The zero-order valence-corrected chi connectivity index (χ0v) is 9.78. The molecule has 88 valence electrons. The summed E-state index contributed by atoms with van der Waals surface area (Å²) in [7, 11) is 0. The van der Waals surface area contributed by atoms with E-state index in [1.807, 2.05) is 26.0 Å². The smallest absolute Gasteiger partial charge is 0.166 e. The molecule has 4 nitrogen and oxygen atoms in total. The summed E-state index contributed by atoms with van der Waals surface area (Å²) in [4.78, 5) is 27.4. The van der Waals surface area contributed by atoms with Crippen LogP contribution in [0, 0.1) is 0 Å². The van der Waals surface area contributed by atoms with Crippen molar-refractivity contribution < 1.29 is 9.59 Å². The molecule has 0 saturated carbocycles. The molecule has 0 aromatic carbocycles.